The van der Waals surface area contributed by atoms with Crippen molar-refractivity contribution in [3.8, 4) is 45.2 Å². The third-order valence-corrected chi connectivity index (χ3v) is 7.75. The third-order valence-electron chi connectivity index (χ3n) is 7.75. The van der Waals surface area contributed by atoms with Gasteiger partial charge in [-0.3, -0.25) is 4.98 Å². The Hall–Kier alpha value is -5.61. The normalized spacial score (nSPS) is 11.4. The smallest absolute Gasteiger partial charge is 0.248 e. The SMILES string of the molecule is c1ccc(-c2nnc(-c3ccc(-c4c5ccccc5c(-c5cccc6ccncc56)c5ccccc45)cc3)o2)cc1. The highest BCUT2D eigenvalue weighted by atomic mass is 16.4. The second kappa shape index (κ2) is 9.54. The van der Waals surface area contributed by atoms with Gasteiger partial charge in [0, 0.05) is 28.9 Å². The predicted octanol–water partition coefficient (Wildman–Crippen LogP) is 9.59. The molecule has 0 aliphatic rings. The van der Waals surface area contributed by atoms with Crippen molar-refractivity contribution in [3.05, 3.63) is 140 Å². The van der Waals surface area contributed by atoms with E-state index in [0.29, 0.717) is 11.8 Å². The van der Waals surface area contributed by atoms with Crippen LogP contribution in [0.3, 0.4) is 0 Å². The lowest BCUT2D eigenvalue weighted by atomic mass is 9.85. The van der Waals surface area contributed by atoms with Crippen molar-refractivity contribution in [2.75, 3.05) is 0 Å². The van der Waals surface area contributed by atoms with Gasteiger partial charge in [0.05, 0.1) is 0 Å². The largest absolute Gasteiger partial charge is 0.416 e. The van der Waals surface area contributed by atoms with Crippen LogP contribution in [0.25, 0.3) is 77.5 Å². The average Bonchev–Trinajstić information content (AvgIpc) is 3.55. The summed E-state index contributed by atoms with van der Waals surface area (Å²) in [4.78, 5) is 4.46. The van der Waals surface area contributed by atoms with Crippen molar-refractivity contribution in [2.45, 2.75) is 0 Å². The zero-order valence-corrected chi connectivity index (χ0v) is 22.0. The van der Waals surface area contributed by atoms with Crippen LogP contribution in [0.5, 0.6) is 0 Å². The fourth-order valence-electron chi connectivity index (χ4n) is 5.88. The molecule has 0 fully saturated rings. The summed E-state index contributed by atoms with van der Waals surface area (Å²) in [6, 6.07) is 44.2. The van der Waals surface area contributed by atoms with E-state index >= 15 is 0 Å². The number of hydrogen-bond acceptors (Lipinski definition) is 4. The summed E-state index contributed by atoms with van der Waals surface area (Å²) in [7, 11) is 0. The molecule has 8 aromatic rings. The highest BCUT2D eigenvalue weighted by Crippen LogP contribution is 2.45. The van der Waals surface area contributed by atoms with Crippen LogP contribution in [-0.2, 0) is 0 Å². The number of rotatable bonds is 4. The molecule has 0 unspecified atom stereocenters. The molecule has 0 aliphatic carbocycles. The Morgan fingerprint density at radius 2 is 0.976 bits per heavy atom. The van der Waals surface area contributed by atoms with Crippen LogP contribution < -0.4 is 0 Å². The van der Waals surface area contributed by atoms with Crippen molar-refractivity contribution in [3.63, 3.8) is 0 Å². The topological polar surface area (TPSA) is 51.8 Å². The van der Waals surface area contributed by atoms with Gasteiger partial charge in [-0.25, -0.2) is 0 Å². The van der Waals surface area contributed by atoms with Crippen molar-refractivity contribution in [1.29, 1.82) is 0 Å². The molecule has 4 nitrogen and oxygen atoms in total. The molecule has 8 rings (SSSR count). The van der Waals surface area contributed by atoms with E-state index in [4.69, 9.17) is 4.42 Å². The third kappa shape index (κ3) is 3.88. The Morgan fingerprint density at radius 3 is 1.63 bits per heavy atom. The molecule has 2 aromatic heterocycles. The maximum Gasteiger partial charge on any atom is 0.248 e. The summed E-state index contributed by atoms with van der Waals surface area (Å²) in [6.07, 6.45) is 3.83. The van der Waals surface area contributed by atoms with Gasteiger partial charge in [-0.15, -0.1) is 10.2 Å². The van der Waals surface area contributed by atoms with Crippen molar-refractivity contribution < 1.29 is 4.42 Å². The average molecular weight is 526 g/mol. The number of fused-ring (bicyclic) bond motifs is 3. The van der Waals surface area contributed by atoms with Gasteiger partial charge < -0.3 is 4.42 Å². The number of pyridine rings is 1. The summed E-state index contributed by atoms with van der Waals surface area (Å²) < 4.78 is 6.01. The molecular formula is C37H23N3O. The zero-order chi connectivity index (χ0) is 27.2. The molecule has 192 valence electrons. The molecule has 2 heterocycles. The fourth-order valence-corrected chi connectivity index (χ4v) is 5.88. The maximum absolute atomic E-state index is 6.01. The number of hydrogen-bond donors (Lipinski definition) is 0. The molecular weight excluding hydrogens is 502 g/mol. The molecule has 0 saturated carbocycles. The van der Waals surface area contributed by atoms with Gasteiger partial charge in [0.25, 0.3) is 0 Å². The monoisotopic (exact) mass is 525 g/mol. The predicted molar refractivity (Wildman–Crippen MR) is 166 cm³/mol. The van der Waals surface area contributed by atoms with Gasteiger partial charge in [0.15, 0.2) is 0 Å². The van der Waals surface area contributed by atoms with E-state index in [0.717, 1.165) is 22.1 Å². The van der Waals surface area contributed by atoms with Gasteiger partial charge in [0.1, 0.15) is 0 Å². The first-order valence-corrected chi connectivity index (χ1v) is 13.6. The van der Waals surface area contributed by atoms with Crippen LogP contribution in [0.4, 0.5) is 0 Å². The number of benzene rings is 6. The molecule has 0 aliphatic heterocycles. The first kappa shape index (κ1) is 23.3. The molecule has 4 heteroatoms. The Kier molecular flexibility index (Phi) is 5.42. The quantitative estimate of drug-likeness (QED) is 0.215. The van der Waals surface area contributed by atoms with Gasteiger partial charge in [-0.1, -0.05) is 97.1 Å². The minimum Gasteiger partial charge on any atom is -0.416 e. The number of aromatic nitrogens is 3. The summed E-state index contributed by atoms with van der Waals surface area (Å²) >= 11 is 0. The molecule has 0 saturated heterocycles. The molecule has 6 aromatic carbocycles. The van der Waals surface area contributed by atoms with Gasteiger partial charge in [-0.2, -0.15) is 0 Å². The van der Waals surface area contributed by atoms with Crippen LogP contribution in [-0.4, -0.2) is 15.2 Å². The highest BCUT2D eigenvalue weighted by Gasteiger charge is 2.18. The molecule has 0 bridgehead atoms. The zero-order valence-electron chi connectivity index (χ0n) is 22.0. The van der Waals surface area contributed by atoms with E-state index in [9.17, 15) is 0 Å². The van der Waals surface area contributed by atoms with E-state index in [2.05, 4.69) is 112 Å². The Labute approximate surface area is 236 Å². The minimum absolute atomic E-state index is 0.505. The van der Waals surface area contributed by atoms with Gasteiger partial charge in [0.2, 0.25) is 11.8 Å². The lowest BCUT2D eigenvalue weighted by molar-refractivity contribution is 0.584. The summed E-state index contributed by atoms with van der Waals surface area (Å²) in [5.41, 5.74) is 6.56. The Bertz CT molecular complexity index is 2140. The van der Waals surface area contributed by atoms with E-state index in [-0.39, 0.29) is 0 Å². The molecule has 41 heavy (non-hydrogen) atoms. The standard InChI is InChI=1S/C37H23N3O/c1-2-9-26(10-3-1)36-39-40-37(41-36)27-19-17-25(18-20-27)34-28-12-4-6-14-30(28)35(31-15-7-5-13-29(31)34)32-16-8-11-24-21-22-38-23-33(24)32/h1-23H. The second-order valence-corrected chi connectivity index (χ2v) is 10.1. The van der Waals surface area contributed by atoms with E-state index in [1.165, 1.54) is 43.6 Å². The fraction of sp³-hybridized carbons (Fsp3) is 0. The van der Waals surface area contributed by atoms with Crippen molar-refractivity contribution >= 4 is 32.3 Å². The Balaban J connectivity index is 1.31. The second-order valence-electron chi connectivity index (χ2n) is 10.1. The molecule has 0 atom stereocenters. The first-order chi connectivity index (χ1) is 20.3. The first-order valence-electron chi connectivity index (χ1n) is 13.6. The van der Waals surface area contributed by atoms with Gasteiger partial charge in [-0.05, 0) is 79.5 Å². The van der Waals surface area contributed by atoms with Crippen LogP contribution >= 0.6 is 0 Å². The van der Waals surface area contributed by atoms with Crippen LogP contribution in [0.1, 0.15) is 0 Å². The summed E-state index contributed by atoms with van der Waals surface area (Å²) in [5.74, 6) is 1.02. The highest BCUT2D eigenvalue weighted by molar-refractivity contribution is 6.23. The lowest BCUT2D eigenvalue weighted by Gasteiger charge is -2.18. The number of nitrogens with zero attached hydrogens (tertiary/aromatic N) is 3. The van der Waals surface area contributed by atoms with Crippen LogP contribution in [0.15, 0.2) is 144 Å². The molecule has 0 spiro atoms. The van der Waals surface area contributed by atoms with Crippen molar-refractivity contribution in [1.82, 2.24) is 15.2 Å². The summed E-state index contributed by atoms with van der Waals surface area (Å²) in [6.45, 7) is 0. The van der Waals surface area contributed by atoms with E-state index in [1.807, 2.05) is 42.7 Å². The van der Waals surface area contributed by atoms with Gasteiger partial charge >= 0.3 is 0 Å². The molecule has 0 amide bonds. The van der Waals surface area contributed by atoms with E-state index in [1.54, 1.807) is 0 Å². The molecule has 0 N–H and O–H groups in total. The van der Waals surface area contributed by atoms with Crippen LogP contribution in [0.2, 0.25) is 0 Å². The van der Waals surface area contributed by atoms with Crippen molar-refractivity contribution in [2.24, 2.45) is 0 Å². The Morgan fingerprint density at radius 1 is 0.415 bits per heavy atom. The van der Waals surface area contributed by atoms with E-state index < -0.39 is 0 Å². The maximum atomic E-state index is 6.01. The van der Waals surface area contributed by atoms with Crippen LogP contribution in [0, 0.1) is 0 Å². The minimum atomic E-state index is 0.505. The lowest BCUT2D eigenvalue weighted by Crippen LogP contribution is -1.92. The summed E-state index contributed by atoms with van der Waals surface area (Å²) in [5, 5.41) is 15.8. The molecule has 0 radical (unpaired) electrons.